The molecule has 4 heteroatoms. The minimum atomic E-state index is -0.00296. The molecular formula is C16H18O3S. The summed E-state index contributed by atoms with van der Waals surface area (Å²) >= 11 is 1.31. The highest BCUT2D eigenvalue weighted by Gasteiger charge is 1.96. The second kappa shape index (κ2) is 9.18. The molecule has 20 heavy (non-hydrogen) atoms. The lowest BCUT2D eigenvalue weighted by Crippen LogP contribution is -1.93. The summed E-state index contributed by atoms with van der Waals surface area (Å²) in [5.74, 6) is 0.784. The Morgan fingerprint density at radius 3 is 2.60 bits per heavy atom. The summed E-state index contributed by atoms with van der Waals surface area (Å²) in [5.41, 5.74) is 0.585. The fourth-order valence-corrected chi connectivity index (χ4v) is 1.83. The van der Waals surface area contributed by atoms with Gasteiger partial charge in [0, 0.05) is 22.5 Å². The van der Waals surface area contributed by atoms with Gasteiger partial charge in [0.05, 0.1) is 7.11 Å². The maximum Gasteiger partial charge on any atom is 0.159 e. The van der Waals surface area contributed by atoms with Crippen molar-refractivity contribution in [2.75, 3.05) is 13.7 Å². The summed E-state index contributed by atoms with van der Waals surface area (Å²) in [7, 11) is 1.63. The molecule has 1 rings (SSSR count). The van der Waals surface area contributed by atoms with Crippen LogP contribution < -0.4 is 4.74 Å². The maximum absolute atomic E-state index is 11.1. The van der Waals surface area contributed by atoms with Crippen LogP contribution in [0, 0.1) is 0 Å². The molecule has 3 nitrogen and oxygen atoms in total. The number of allylic oxidation sites excluding steroid dienone is 4. The van der Waals surface area contributed by atoms with Gasteiger partial charge in [0.1, 0.15) is 12.4 Å². The average Bonchev–Trinajstić information content (AvgIpc) is 2.44. The fourth-order valence-electron chi connectivity index (χ4n) is 1.39. The van der Waals surface area contributed by atoms with Crippen LogP contribution in [0.4, 0.5) is 0 Å². The lowest BCUT2D eigenvalue weighted by Gasteiger charge is -2.03. The molecule has 0 saturated carbocycles. The van der Waals surface area contributed by atoms with Crippen molar-refractivity contribution in [1.82, 2.24) is 0 Å². The standard InChI is InChI=1S/C16H18O3S/c1-4-14(13(2)17)7-5-6-12-19-15-8-10-16(11-9-15)20-18-3/h4-11H,1,12H2,2-3H3/b6-5-,14-7+. The van der Waals surface area contributed by atoms with Gasteiger partial charge in [-0.25, -0.2) is 0 Å². The van der Waals surface area contributed by atoms with Crippen LogP contribution in [0.1, 0.15) is 6.92 Å². The molecule has 0 atom stereocenters. The van der Waals surface area contributed by atoms with Gasteiger partial charge < -0.3 is 8.92 Å². The third-order valence-electron chi connectivity index (χ3n) is 2.39. The van der Waals surface area contributed by atoms with Gasteiger partial charge in [0.25, 0.3) is 0 Å². The zero-order chi connectivity index (χ0) is 14.8. The minimum absolute atomic E-state index is 0.00296. The first-order valence-electron chi connectivity index (χ1n) is 6.11. The van der Waals surface area contributed by atoms with Crippen molar-refractivity contribution in [3.05, 3.63) is 60.7 Å². The summed E-state index contributed by atoms with van der Waals surface area (Å²) in [6.45, 7) is 5.54. The van der Waals surface area contributed by atoms with Crippen LogP contribution in [-0.4, -0.2) is 19.5 Å². The van der Waals surface area contributed by atoms with Gasteiger partial charge in [-0.1, -0.05) is 24.8 Å². The second-order valence-corrected chi connectivity index (χ2v) is 4.81. The van der Waals surface area contributed by atoms with Crippen molar-refractivity contribution in [2.24, 2.45) is 0 Å². The van der Waals surface area contributed by atoms with Gasteiger partial charge >= 0.3 is 0 Å². The monoisotopic (exact) mass is 290 g/mol. The van der Waals surface area contributed by atoms with Crippen molar-refractivity contribution in [2.45, 2.75) is 11.8 Å². The molecule has 0 unspecified atom stereocenters. The van der Waals surface area contributed by atoms with Crippen molar-refractivity contribution < 1.29 is 13.7 Å². The van der Waals surface area contributed by atoms with Gasteiger partial charge in [-0.05, 0) is 37.3 Å². The van der Waals surface area contributed by atoms with Gasteiger partial charge in [-0.15, -0.1) is 0 Å². The molecule has 106 valence electrons. The highest BCUT2D eigenvalue weighted by molar-refractivity contribution is 7.94. The first-order chi connectivity index (χ1) is 9.67. The van der Waals surface area contributed by atoms with Crippen LogP contribution in [0.5, 0.6) is 5.75 Å². The van der Waals surface area contributed by atoms with Crippen molar-refractivity contribution in [3.8, 4) is 5.75 Å². The molecule has 0 bridgehead atoms. The summed E-state index contributed by atoms with van der Waals surface area (Å²) in [6.07, 6.45) is 6.88. The van der Waals surface area contributed by atoms with E-state index in [4.69, 9.17) is 8.92 Å². The van der Waals surface area contributed by atoms with E-state index in [-0.39, 0.29) is 5.78 Å². The Morgan fingerprint density at radius 2 is 2.05 bits per heavy atom. The topological polar surface area (TPSA) is 35.5 Å². The third kappa shape index (κ3) is 5.91. The molecule has 0 aliphatic rings. The number of ketones is 1. The van der Waals surface area contributed by atoms with Crippen LogP contribution in [0.25, 0.3) is 0 Å². The van der Waals surface area contributed by atoms with Crippen LogP contribution in [-0.2, 0) is 8.98 Å². The van der Waals surface area contributed by atoms with E-state index in [9.17, 15) is 4.79 Å². The highest BCUT2D eigenvalue weighted by Crippen LogP contribution is 2.21. The fraction of sp³-hybridized carbons (Fsp3) is 0.188. The normalized spacial score (nSPS) is 11.6. The molecule has 0 saturated heterocycles. The minimum Gasteiger partial charge on any atom is -0.490 e. The van der Waals surface area contributed by atoms with Crippen LogP contribution in [0.2, 0.25) is 0 Å². The number of carbonyl (C=O) groups is 1. The zero-order valence-electron chi connectivity index (χ0n) is 11.7. The number of carbonyl (C=O) groups excluding carboxylic acids is 1. The van der Waals surface area contributed by atoms with E-state index in [1.54, 1.807) is 25.3 Å². The molecule has 0 radical (unpaired) electrons. The molecule has 1 aromatic carbocycles. The van der Waals surface area contributed by atoms with Crippen molar-refractivity contribution >= 4 is 17.8 Å². The third-order valence-corrected chi connectivity index (χ3v) is 3.02. The summed E-state index contributed by atoms with van der Waals surface area (Å²) in [6, 6.07) is 7.63. The lowest BCUT2D eigenvalue weighted by molar-refractivity contribution is -0.113. The van der Waals surface area contributed by atoms with E-state index >= 15 is 0 Å². The summed E-state index contributed by atoms with van der Waals surface area (Å²) < 4.78 is 10.5. The van der Waals surface area contributed by atoms with Crippen LogP contribution >= 0.6 is 12.0 Å². The molecule has 0 fully saturated rings. The average molecular weight is 290 g/mol. The van der Waals surface area contributed by atoms with Gasteiger partial charge in [-0.2, -0.15) is 0 Å². The first kappa shape index (κ1) is 16.3. The predicted octanol–water partition coefficient (Wildman–Crippen LogP) is 3.98. The van der Waals surface area contributed by atoms with E-state index in [0.29, 0.717) is 12.2 Å². The molecule has 0 aliphatic heterocycles. The Hall–Kier alpha value is -1.78. The van der Waals surface area contributed by atoms with Gasteiger partial charge in [0.15, 0.2) is 5.78 Å². The van der Waals surface area contributed by atoms with Gasteiger partial charge in [0.2, 0.25) is 0 Å². The molecule has 0 N–H and O–H groups in total. The van der Waals surface area contributed by atoms with Crippen LogP contribution in [0.15, 0.2) is 65.6 Å². The molecule has 1 aromatic rings. The number of hydrogen-bond acceptors (Lipinski definition) is 4. The SMILES string of the molecule is C=C/C(=C\C=C/COc1ccc(SOC)cc1)C(C)=O. The van der Waals surface area contributed by atoms with E-state index in [1.165, 1.54) is 19.0 Å². The Balaban J connectivity index is 2.44. The number of rotatable bonds is 8. The van der Waals surface area contributed by atoms with Crippen molar-refractivity contribution in [3.63, 3.8) is 0 Å². The highest BCUT2D eigenvalue weighted by atomic mass is 32.2. The molecule has 0 heterocycles. The molecule has 0 aliphatic carbocycles. The van der Waals surface area contributed by atoms with Crippen LogP contribution in [0.3, 0.4) is 0 Å². The van der Waals surface area contributed by atoms with Crippen molar-refractivity contribution in [1.29, 1.82) is 0 Å². The number of ether oxygens (including phenoxy) is 1. The van der Waals surface area contributed by atoms with E-state index in [2.05, 4.69) is 6.58 Å². The van der Waals surface area contributed by atoms with E-state index < -0.39 is 0 Å². The number of benzene rings is 1. The Labute approximate surface area is 124 Å². The number of hydrogen-bond donors (Lipinski definition) is 0. The smallest absolute Gasteiger partial charge is 0.159 e. The Kier molecular flexibility index (Phi) is 7.47. The van der Waals surface area contributed by atoms with Gasteiger partial charge in [-0.3, -0.25) is 4.79 Å². The predicted molar refractivity (Wildman–Crippen MR) is 82.9 cm³/mol. The molecule has 0 amide bonds. The first-order valence-corrected chi connectivity index (χ1v) is 6.85. The molecule has 0 spiro atoms. The quantitative estimate of drug-likeness (QED) is 0.412. The maximum atomic E-state index is 11.1. The van der Waals surface area contributed by atoms with E-state index in [0.717, 1.165) is 10.6 Å². The largest absolute Gasteiger partial charge is 0.490 e. The summed E-state index contributed by atoms with van der Waals surface area (Å²) in [5, 5.41) is 0. The second-order valence-electron chi connectivity index (χ2n) is 3.84. The summed E-state index contributed by atoms with van der Waals surface area (Å²) in [4.78, 5) is 12.2. The Morgan fingerprint density at radius 1 is 1.35 bits per heavy atom. The van der Waals surface area contributed by atoms with E-state index in [1.807, 2.05) is 30.3 Å². The lowest BCUT2D eigenvalue weighted by atomic mass is 10.2. The number of Topliss-reactive ketones (excluding diaryl/α,β-unsaturated/α-hetero) is 1. The Bertz CT molecular complexity index is 501. The molecular weight excluding hydrogens is 272 g/mol. The molecule has 0 aromatic heterocycles. The zero-order valence-corrected chi connectivity index (χ0v) is 12.5.